The predicted octanol–water partition coefficient (Wildman–Crippen LogP) is 5.40. The third-order valence-corrected chi connectivity index (χ3v) is 7.21. The minimum atomic E-state index is 0.669. The topological polar surface area (TPSA) is 12.0 Å². The van der Waals surface area contributed by atoms with Crippen LogP contribution in [0.3, 0.4) is 0 Å². The first kappa shape index (κ1) is 15.8. The van der Waals surface area contributed by atoms with Gasteiger partial charge in [0.25, 0.3) is 0 Å². The van der Waals surface area contributed by atoms with Gasteiger partial charge in [-0.25, -0.2) is 0 Å². The first-order chi connectivity index (χ1) is 9.79. The van der Waals surface area contributed by atoms with Crippen molar-refractivity contribution >= 4 is 0 Å². The summed E-state index contributed by atoms with van der Waals surface area (Å²) in [7, 11) is 2.19. The van der Waals surface area contributed by atoms with Crippen molar-refractivity contribution in [3.8, 4) is 0 Å². The SMILES string of the molecule is CCC(C)CC(CC12CC3CC(C)(CC(C)(C3)C1)C2)NC. The van der Waals surface area contributed by atoms with Crippen LogP contribution in [0.2, 0.25) is 0 Å². The van der Waals surface area contributed by atoms with Crippen LogP contribution in [0.5, 0.6) is 0 Å². The summed E-state index contributed by atoms with van der Waals surface area (Å²) in [4.78, 5) is 0. The zero-order valence-corrected chi connectivity index (χ0v) is 15.1. The van der Waals surface area contributed by atoms with Crippen LogP contribution < -0.4 is 5.32 Å². The third kappa shape index (κ3) is 3.05. The van der Waals surface area contributed by atoms with E-state index in [4.69, 9.17) is 0 Å². The Morgan fingerprint density at radius 1 is 1.05 bits per heavy atom. The Morgan fingerprint density at radius 2 is 1.67 bits per heavy atom. The first-order valence-corrected chi connectivity index (χ1v) is 9.47. The van der Waals surface area contributed by atoms with Crippen LogP contribution in [0.15, 0.2) is 0 Å². The van der Waals surface area contributed by atoms with Crippen LogP contribution >= 0.6 is 0 Å². The van der Waals surface area contributed by atoms with Crippen LogP contribution in [0.4, 0.5) is 0 Å². The summed E-state index contributed by atoms with van der Waals surface area (Å²) in [6, 6.07) is 0.739. The van der Waals surface area contributed by atoms with E-state index in [-0.39, 0.29) is 0 Å². The molecule has 0 aromatic rings. The van der Waals surface area contributed by atoms with Gasteiger partial charge in [-0.3, -0.25) is 0 Å². The van der Waals surface area contributed by atoms with Crippen LogP contribution in [0.25, 0.3) is 0 Å². The van der Waals surface area contributed by atoms with Gasteiger partial charge in [0.2, 0.25) is 0 Å². The van der Waals surface area contributed by atoms with Gasteiger partial charge in [-0.2, -0.15) is 0 Å². The summed E-state index contributed by atoms with van der Waals surface area (Å²) >= 11 is 0. The maximum atomic E-state index is 3.67. The summed E-state index contributed by atoms with van der Waals surface area (Å²) < 4.78 is 0. The van der Waals surface area contributed by atoms with Crippen LogP contribution in [-0.4, -0.2) is 13.1 Å². The fraction of sp³-hybridized carbons (Fsp3) is 1.00. The van der Waals surface area contributed by atoms with E-state index in [1.54, 1.807) is 0 Å². The normalized spacial score (nSPS) is 47.6. The first-order valence-electron chi connectivity index (χ1n) is 9.47. The maximum Gasteiger partial charge on any atom is 0.00718 e. The predicted molar refractivity (Wildman–Crippen MR) is 91.4 cm³/mol. The van der Waals surface area contributed by atoms with Crippen molar-refractivity contribution in [3.63, 3.8) is 0 Å². The zero-order valence-electron chi connectivity index (χ0n) is 15.1. The fourth-order valence-electron chi connectivity index (χ4n) is 7.39. The summed E-state index contributed by atoms with van der Waals surface area (Å²) in [6.07, 6.45) is 13.3. The Hall–Kier alpha value is -0.0400. The van der Waals surface area contributed by atoms with E-state index in [1.165, 1.54) is 57.8 Å². The minimum Gasteiger partial charge on any atom is -0.317 e. The average molecular weight is 292 g/mol. The highest BCUT2D eigenvalue weighted by Gasteiger charge is 2.59. The molecule has 1 N–H and O–H groups in total. The van der Waals surface area contributed by atoms with Gasteiger partial charge in [0, 0.05) is 6.04 Å². The Morgan fingerprint density at radius 3 is 2.14 bits per heavy atom. The third-order valence-electron chi connectivity index (χ3n) is 7.21. The highest BCUT2D eigenvalue weighted by Crippen LogP contribution is 2.70. The van der Waals surface area contributed by atoms with Crippen molar-refractivity contribution in [3.05, 3.63) is 0 Å². The molecule has 4 rings (SSSR count). The second kappa shape index (κ2) is 5.25. The molecule has 4 saturated carbocycles. The molecule has 0 heterocycles. The zero-order chi connectivity index (χ0) is 15.3. The van der Waals surface area contributed by atoms with Gasteiger partial charge in [-0.1, -0.05) is 34.1 Å². The summed E-state index contributed by atoms with van der Waals surface area (Å²) in [6.45, 7) is 9.97. The van der Waals surface area contributed by atoms with E-state index in [1.807, 2.05) is 0 Å². The van der Waals surface area contributed by atoms with Gasteiger partial charge < -0.3 is 5.32 Å². The molecule has 1 nitrogen and oxygen atoms in total. The fourth-order valence-corrected chi connectivity index (χ4v) is 7.39. The van der Waals surface area contributed by atoms with Crippen molar-refractivity contribution in [2.75, 3.05) is 7.05 Å². The van der Waals surface area contributed by atoms with E-state index in [2.05, 4.69) is 40.1 Å². The van der Waals surface area contributed by atoms with Crippen molar-refractivity contribution in [2.45, 2.75) is 91.5 Å². The molecule has 4 fully saturated rings. The lowest BCUT2D eigenvalue weighted by molar-refractivity contribution is -0.150. The molecule has 0 aromatic heterocycles. The van der Waals surface area contributed by atoms with Gasteiger partial charge in [-0.15, -0.1) is 0 Å². The highest BCUT2D eigenvalue weighted by molar-refractivity contribution is 5.11. The van der Waals surface area contributed by atoms with E-state index >= 15 is 0 Å². The molecule has 4 aliphatic rings. The molecule has 0 radical (unpaired) electrons. The number of hydrogen-bond donors (Lipinski definition) is 1. The molecule has 122 valence electrons. The average Bonchev–Trinajstić information content (AvgIpc) is 2.32. The molecule has 4 unspecified atom stereocenters. The van der Waals surface area contributed by atoms with Crippen molar-refractivity contribution < 1.29 is 0 Å². The molecule has 4 bridgehead atoms. The quantitative estimate of drug-likeness (QED) is 0.691. The highest BCUT2D eigenvalue weighted by atomic mass is 14.9. The monoisotopic (exact) mass is 291 g/mol. The van der Waals surface area contributed by atoms with Gasteiger partial charge >= 0.3 is 0 Å². The van der Waals surface area contributed by atoms with Gasteiger partial charge in [-0.05, 0) is 86.5 Å². The summed E-state index contributed by atoms with van der Waals surface area (Å²) in [5, 5.41) is 3.67. The van der Waals surface area contributed by atoms with E-state index in [0.717, 1.165) is 17.9 Å². The lowest BCUT2D eigenvalue weighted by Crippen LogP contribution is -2.56. The summed E-state index contributed by atoms with van der Waals surface area (Å²) in [5.74, 6) is 1.90. The van der Waals surface area contributed by atoms with Gasteiger partial charge in [0.05, 0.1) is 0 Å². The maximum absolute atomic E-state index is 3.67. The van der Waals surface area contributed by atoms with Crippen LogP contribution in [0, 0.1) is 28.1 Å². The molecule has 0 aliphatic heterocycles. The van der Waals surface area contributed by atoms with Crippen molar-refractivity contribution in [1.82, 2.24) is 5.32 Å². The number of hydrogen-bond acceptors (Lipinski definition) is 1. The molecule has 0 spiro atoms. The van der Waals surface area contributed by atoms with E-state index in [0.29, 0.717) is 16.2 Å². The second-order valence-corrected chi connectivity index (χ2v) is 10.1. The van der Waals surface area contributed by atoms with Crippen molar-refractivity contribution in [2.24, 2.45) is 28.1 Å². The standard InChI is InChI=1S/C20H37N/c1-6-15(2)7-17(21-5)11-20-10-16-8-18(3,13-20)12-19(4,9-16)14-20/h15-17,21H,6-14H2,1-5H3. The van der Waals surface area contributed by atoms with Gasteiger partial charge in [0.1, 0.15) is 0 Å². The Bertz CT molecular complexity index is 369. The molecule has 1 heteroatoms. The lowest BCUT2D eigenvalue weighted by atomic mass is 9.39. The Balaban J connectivity index is 1.75. The minimum absolute atomic E-state index is 0.669. The van der Waals surface area contributed by atoms with E-state index < -0.39 is 0 Å². The molecule has 4 atom stereocenters. The van der Waals surface area contributed by atoms with Crippen LogP contribution in [0.1, 0.15) is 85.5 Å². The lowest BCUT2D eigenvalue weighted by Gasteiger charge is -2.66. The van der Waals surface area contributed by atoms with Gasteiger partial charge in [0.15, 0.2) is 0 Å². The molecular formula is C20H37N. The molecule has 0 aromatic carbocycles. The Kier molecular flexibility index (Phi) is 3.96. The molecule has 0 amide bonds. The Labute approximate surface area is 132 Å². The van der Waals surface area contributed by atoms with Crippen molar-refractivity contribution in [1.29, 1.82) is 0 Å². The molecule has 0 saturated heterocycles. The smallest absolute Gasteiger partial charge is 0.00718 e. The van der Waals surface area contributed by atoms with Crippen LogP contribution in [-0.2, 0) is 0 Å². The second-order valence-electron chi connectivity index (χ2n) is 10.1. The van der Waals surface area contributed by atoms with E-state index in [9.17, 15) is 0 Å². The number of nitrogens with one attached hydrogen (secondary N) is 1. The molecular weight excluding hydrogens is 254 g/mol. The summed E-state index contributed by atoms with van der Waals surface area (Å²) in [5.41, 5.74) is 2.01. The number of rotatable bonds is 6. The largest absolute Gasteiger partial charge is 0.317 e. The molecule has 21 heavy (non-hydrogen) atoms. The molecule has 4 aliphatic carbocycles.